The second-order valence-electron chi connectivity index (χ2n) is 4.56. The van der Waals surface area contributed by atoms with Gasteiger partial charge in [-0.1, -0.05) is 19.8 Å². The molecule has 0 aromatic rings. The van der Waals surface area contributed by atoms with Gasteiger partial charge in [-0.3, -0.25) is 9.59 Å². The second-order valence-corrected chi connectivity index (χ2v) is 4.56. The molecule has 0 aliphatic rings. The van der Waals surface area contributed by atoms with E-state index in [-0.39, 0.29) is 24.8 Å². The molecular weight excluding hydrogens is 232 g/mol. The standard InChI is InChI=1S/C14H22O4/c1-5-12(4)18-14(16)8-6-7-13(15)17-10-9-11(2)3/h1,11-12H,6-10H2,2-4H3. The summed E-state index contributed by atoms with van der Waals surface area (Å²) in [5, 5.41) is 0. The smallest absolute Gasteiger partial charge is 0.307 e. The molecule has 4 nitrogen and oxygen atoms in total. The molecule has 4 heteroatoms. The van der Waals surface area contributed by atoms with Gasteiger partial charge in [0, 0.05) is 12.8 Å². The van der Waals surface area contributed by atoms with E-state index in [4.69, 9.17) is 15.9 Å². The van der Waals surface area contributed by atoms with Crippen LogP contribution in [-0.4, -0.2) is 24.6 Å². The molecule has 0 aliphatic carbocycles. The highest BCUT2D eigenvalue weighted by molar-refractivity contribution is 5.72. The van der Waals surface area contributed by atoms with Gasteiger partial charge < -0.3 is 9.47 Å². The van der Waals surface area contributed by atoms with Gasteiger partial charge in [0.15, 0.2) is 6.10 Å². The largest absolute Gasteiger partial charge is 0.466 e. The Kier molecular flexibility index (Phi) is 8.73. The van der Waals surface area contributed by atoms with Crippen LogP contribution in [0.5, 0.6) is 0 Å². The zero-order valence-corrected chi connectivity index (χ0v) is 11.4. The average molecular weight is 254 g/mol. The van der Waals surface area contributed by atoms with Gasteiger partial charge in [0.05, 0.1) is 6.61 Å². The third-order valence-corrected chi connectivity index (χ3v) is 2.26. The van der Waals surface area contributed by atoms with E-state index in [9.17, 15) is 9.59 Å². The van der Waals surface area contributed by atoms with Gasteiger partial charge in [0.1, 0.15) is 0 Å². The van der Waals surface area contributed by atoms with Crippen molar-refractivity contribution in [3.8, 4) is 12.3 Å². The van der Waals surface area contributed by atoms with E-state index in [1.807, 2.05) is 0 Å². The first-order valence-corrected chi connectivity index (χ1v) is 6.27. The Labute approximate surface area is 109 Å². The molecular formula is C14H22O4. The molecule has 0 radical (unpaired) electrons. The lowest BCUT2D eigenvalue weighted by atomic mass is 10.1. The van der Waals surface area contributed by atoms with Crippen molar-refractivity contribution >= 4 is 11.9 Å². The molecule has 0 saturated carbocycles. The van der Waals surface area contributed by atoms with Gasteiger partial charge in [0.2, 0.25) is 0 Å². The van der Waals surface area contributed by atoms with Gasteiger partial charge in [-0.2, -0.15) is 0 Å². The minimum atomic E-state index is -0.518. The van der Waals surface area contributed by atoms with Crippen molar-refractivity contribution in [2.45, 2.75) is 52.6 Å². The van der Waals surface area contributed by atoms with E-state index < -0.39 is 6.10 Å². The predicted octanol–water partition coefficient (Wildman–Crippen LogP) is 2.31. The number of esters is 2. The van der Waals surface area contributed by atoms with Crippen molar-refractivity contribution in [1.29, 1.82) is 0 Å². The molecule has 18 heavy (non-hydrogen) atoms. The van der Waals surface area contributed by atoms with E-state index in [1.54, 1.807) is 6.92 Å². The highest BCUT2D eigenvalue weighted by Crippen LogP contribution is 2.04. The highest BCUT2D eigenvalue weighted by atomic mass is 16.5. The SMILES string of the molecule is C#CC(C)OC(=O)CCCC(=O)OCCC(C)C. The molecule has 1 unspecified atom stereocenters. The van der Waals surface area contributed by atoms with Crippen molar-refractivity contribution in [1.82, 2.24) is 0 Å². The number of carbonyl (C=O) groups excluding carboxylic acids is 2. The summed E-state index contributed by atoms with van der Waals surface area (Å²) in [7, 11) is 0. The van der Waals surface area contributed by atoms with Crippen LogP contribution in [0.2, 0.25) is 0 Å². The summed E-state index contributed by atoms with van der Waals surface area (Å²) < 4.78 is 9.88. The molecule has 102 valence electrons. The average Bonchev–Trinajstić information content (AvgIpc) is 2.28. The summed E-state index contributed by atoms with van der Waals surface area (Å²) in [5.41, 5.74) is 0. The van der Waals surface area contributed by atoms with Gasteiger partial charge in [-0.25, -0.2) is 0 Å². The fourth-order valence-electron chi connectivity index (χ4n) is 1.15. The molecule has 0 amide bonds. The third kappa shape index (κ3) is 9.71. The fraction of sp³-hybridized carbons (Fsp3) is 0.714. The van der Waals surface area contributed by atoms with Crippen LogP contribution in [0.3, 0.4) is 0 Å². The van der Waals surface area contributed by atoms with Crippen molar-refractivity contribution < 1.29 is 19.1 Å². The van der Waals surface area contributed by atoms with Gasteiger partial charge >= 0.3 is 11.9 Å². The quantitative estimate of drug-likeness (QED) is 0.492. The van der Waals surface area contributed by atoms with Crippen molar-refractivity contribution in [2.24, 2.45) is 5.92 Å². The summed E-state index contributed by atoms with van der Waals surface area (Å²) in [4.78, 5) is 22.5. The maximum atomic E-state index is 11.3. The monoisotopic (exact) mass is 254 g/mol. The van der Waals surface area contributed by atoms with E-state index >= 15 is 0 Å². The van der Waals surface area contributed by atoms with Crippen LogP contribution in [0.4, 0.5) is 0 Å². The summed E-state index contributed by atoms with van der Waals surface area (Å²) in [6.07, 6.45) is 6.26. The molecule has 0 fully saturated rings. The van der Waals surface area contributed by atoms with Crippen LogP contribution in [0.25, 0.3) is 0 Å². The van der Waals surface area contributed by atoms with Crippen LogP contribution in [0.1, 0.15) is 46.5 Å². The van der Waals surface area contributed by atoms with E-state index in [1.165, 1.54) is 0 Å². The molecule has 0 rings (SSSR count). The van der Waals surface area contributed by atoms with Gasteiger partial charge in [-0.05, 0) is 25.7 Å². The summed E-state index contributed by atoms with van der Waals surface area (Å²) in [6.45, 7) is 6.19. The zero-order valence-electron chi connectivity index (χ0n) is 11.4. The van der Waals surface area contributed by atoms with Gasteiger partial charge in [-0.15, -0.1) is 6.42 Å². The van der Waals surface area contributed by atoms with Crippen LogP contribution in [-0.2, 0) is 19.1 Å². The van der Waals surface area contributed by atoms with Gasteiger partial charge in [0.25, 0.3) is 0 Å². The number of terminal acetylenes is 1. The number of ether oxygens (including phenoxy) is 2. The number of carbonyl (C=O) groups is 2. The summed E-state index contributed by atoms with van der Waals surface area (Å²) >= 11 is 0. The minimum absolute atomic E-state index is 0.186. The fourth-order valence-corrected chi connectivity index (χ4v) is 1.15. The lowest BCUT2D eigenvalue weighted by molar-refractivity contribution is -0.146. The van der Waals surface area contributed by atoms with Crippen LogP contribution < -0.4 is 0 Å². The molecule has 0 spiro atoms. The number of hydrogen-bond donors (Lipinski definition) is 0. The Bertz CT molecular complexity index is 301. The van der Waals surface area contributed by atoms with Crippen molar-refractivity contribution in [2.75, 3.05) is 6.61 Å². The van der Waals surface area contributed by atoms with Crippen LogP contribution in [0, 0.1) is 18.3 Å². The maximum absolute atomic E-state index is 11.3. The lowest BCUT2D eigenvalue weighted by Crippen LogP contribution is -2.13. The first kappa shape index (κ1) is 16.5. The molecule has 0 aliphatic heterocycles. The number of hydrogen-bond acceptors (Lipinski definition) is 4. The first-order chi connectivity index (χ1) is 8.45. The summed E-state index contributed by atoms with van der Waals surface area (Å²) in [5.74, 6) is 2.16. The van der Waals surface area contributed by atoms with Crippen LogP contribution >= 0.6 is 0 Å². The topological polar surface area (TPSA) is 52.6 Å². The number of rotatable bonds is 8. The molecule has 0 bridgehead atoms. The van der Waals surface area contributed by atoms with E-state index in [2.05, 4.69) is 19.8 Å². The Balaban J connectivity index is 3.56. The molecule has 0 heterocycles. The molecule has 1 atom stereocenters. The Morgan fingerprint density at radius 3 is 2.33 bits per heavy atom. The normalized spacial score (nSPS) is 11.7. The Morgan fingerprint density at radius 1 is 1.17 bits per heavy atom. The lowest BCUT2D eigenvalue weighted by Gasteiger charge is -2.08. The summed E-state index contributed by atoms with van der Waals surface area (Å²) in [6, 6.07) is 0. The minimum Gasteiger partial charge on any atom is -0.466 e. The predicted molar refractivity (Wildman–Crippen MR) is 68.7 cm³/mol. The molecule has 0 aromatic heterocycles. The highest BCUT2D eigenvalue weighted by Gasteiger charge is 2.09. The van der Waals surface area contributed by atoms with Crippen molar-refractivity contribution in [3.05, 3.63) is 0 Å². The van der Waals surface area contributed by atoms with E-state index in [0.29, 0.717) is 18.9 Å². The van der Waals surface area contributed by atoms with Crippen LogP contribution in [0.15, 0.2) is 0 Å². The third-order valence-electron chi connectivity index (χ3n) is 2.26. The Morgan fingerprint density at radius 2 is 1.78 bits per heavy atom. The van der Waals surface area contributed by atoms with Crippen molar-refractivity contribution in [3.63, 3.8) is 0 Å². The molecule has 0 N–H and O–H groups in total. The molecule has 0 aromatic carbocycles. The zero-order chi connectivity index (χ0) is 14.0. The first-order valence-electron chi connectivity index (χ1n) is 6.27. The molecule has 0 saturated heterocycles. The Hall–Kier alpha value is -1.50. The van der Waals surface area contributed by atoms with E-state index in [0.717, 1.165) is 6.42 Å². The maximum Gasteiger partial charge on any atom is 0.307 e. The second kappa shape index (κ2) is 9.52.